The van der Waals surface area contributed by atoms with E-state index in [1.165, 1.54) is 0 Å². The average Bonchev–Trinajstić information content (AvgIpc) is 2.58. The largest absolute Gasteiger partial charge is 0.308 e. The van der Waals surface area contributed by atoms with Crippen LogP contribution in [0.3, 0.4) is 0 Å². The summed E-state index contributed by atoms with van der Waals surface area (Å²) < 4.78 is 1.85. The zero-order valence-electron chi connectivity index (χ0n) is 8.67. The van der Waals surface area contributed by atoms with Gasteiger partial charge in [0.05, 0.1) is 6.54 Å². The van der Waals surface area contributed by atoms with E-state index in [1.807, 2.05) is 18.8 Å². The van der Waals surface area contributed by atoms with Gasteiger partial charge < -0.3 is 4.90 Å². The number of rotatable bonds is 6. The molecule has 7 heteroatoms. The first-order chi connectivity index (χ1) is 6.74. The molecule has 1 heterocycles. The van der Waals surface area contributed by atoms with Crippen molar-refractivity contribution in [3.63, 3.8) is 0 Å². The SMILES string of the molecule is CSCSc1nnnn1CCN(C)C. The Morgan fingerprint density at radius 2 is 2.21 bits per heavy atom. The lowest BCUT2D eigenvalue weighted by Gasteiger charge is -2.09. The summed E-state index contributed by atoms with van der Waals surface area (Å²) in [5.41, 5.74) is 0. The summed E-state index contributed by atoms with van der Waals surface area (Å²) in [6.45, 7) is 1.80. The summed E-state index contributed by atoms with van der Waals surface area (Å²) in [5, 5.41) is 13.5. The van der Waals surface area contributed by atoms with Gasteiger partial charge in [-0.1, -0.05) is 11.8 Å². The van der Waals surface area contributed by atoms with Crippen LogP contribution in [0.15, 0.2) is 5.16 Å². The topological polar surface area (TPSA) is 46.8 Å². The maximum atomic E-state index is 3.96. The fourth-order valence-electron chi connectivity index (χ4n) is 0.847. The highest BCUT2D eigenvalue weighted by Gasteiger charge is 2.05. The molecule has 0 bridgehead atoms. The van der Waals surface area contributed by atoms with E-state index in [4.69, 9.17) is 0 Å². The second-order valence-electron chi connectivity index (χ2n) is 3.04. The summed E-state index contributed by atoms with van der Waals surface area (Å²) in [7, 11) is 4.08. The number of aromatic nitrogens is 4. The monoisotopic (exact) mass is 233 g/mol. The Morgan fingerprint density at radius 3 is 2.86 bits per heavy atom. The van der Waals surface area contributed by atoms with Crippen LogP contribution < -0.4 is 0 Å². The van der Waals surface area contributed by atoms with Crippen molar-refractivity contribution < 1.29 is 0 Å². The summed E-state index contributed by atoms with van der Waals surface area (Å²) in [4.78, 5) is 2.12. The molecule has 0 radical (unpaired) electrons. The molecule has 0 unspecified atom stereocenters. The van der Waals surface area contributed by atoms with Crippen LogP contribution in [0.1, 0.15) is 0 Å². The summed E-state index contributed by atoms with van der Waals surface area (Å²) in [5.74, 6) is 0. The zero-order chi connectivity index (χ0) is 10.4. The van der Waals surface area contributed by atoms with Crippen molar-refractivity contribution in [2.45, 2.75) is 11.7 Å². The number of nitrogens with zero attached hydrogens (tertiary/aromatic N) is 5. The minimum Gasteiger partial charge on any atom is -0.308 e. The molecule has 14 heavy (non-hydrogen) atoms. The standard InChI is InChI=1S/C7H15N5S2/c1-11(2)4-5-12-7(8-9-10-12)14-6-13-3/h4-6H2,1-3H3. The third kappa shape index (κ3) is 3.85. The van der Waals surface area contributed by atoms with Crippen LogP contribution in [0.2, 0.25) is 0 Å². The van der Waals surface area contributed by atoms with Crippen LogP contribution in [-0.2, 0) is 6.54 Å². The first-order valence-corrected chi connectivity index (χ1v) is 6.64. The van der Waals surface area contributed by atoms with E-state index in [-0.39, 0.29) is 0 Å². The third-order valence-corrected chi connectivity index (χ3v) is 3.53. The molecule has 0 aliphatic rings. The highest BCUT2D eigenvalue weighted by Crippen LogP contribution is 2.17. The highest BCUT2D eigenvalue weighted by atomic mass is 32.2. The Hall–Kier alpha value is -0.270. The van der Waals surface area contributed by atoms with Gasteiger partial charge >= 0.3 is 0 Å². The Morgan fingerprint density at radius 1 is 1.43 bits per heavy atom. The van der Waals surface area contributed by atoms with E-state index in [0.29, 0.717) is 0 Å². The number of hydrogen-bond acceptors (Lipinski definition) is 6. The second-order valence-corrected chi connectivity index (χ2v) is 5.21. The molecule has 0 spiro atoms. The summed E-state index contributed by atoms with van der Waals surface area (Å²) >= 11 is 3.45. The Balaban J connectivity index is 2.45. The van der Waals surface area contributed by atoms with E-state index in [1.54, 1.807) is 23.5 Å². The molecular formula is C7H15N5S2. The smallest absolute Gasteiger partial charge is 0.210 e. The van der Waals surface area contributed by atoms with Crippen molar-refractivity contribution in [1.29, 1.82) is 0 Å². The lowest BCUT2D eigenvalue weighted by Crippen LogP contribution is -2.19. The van der Waals surface area contributed by atoms with Gasteiger partial charge in [0.2, 0.25) is 5.16 Å². The Bertz CT molecular complexity index is 262. The minimum atomic E-state index is 0.844. The van der Waals surface area contributed by atoms with Crippen LogP contribution in [-0.4, -0.2) is 57.1 Å². The van der Waals surface area contributed by atoms with E-state index < -0.39 is 0 Å². The summed E-state index contributed by atoms with van der Waals surface area (Å²) in [6.07, 6.45) is 2.07. The van der Waals surface area contributed by atoms with Crippen molar-refractivity contribution in [2.75, 3.05) is 32.0 Å². The van der Waals surface area contributed by atoms with Gasteiger partial charge in [-0.25, -0.2) is 4.68 Å². The number of thioether (sulfide) groups is 2. The molecule has 0 N–H and O–H groups in total. The maximum absolute atomic E-state index is 3.96. The van der Waals surface area contributed by atoms with E-state index in [9.17, 15) is 0 Å². The van der Waals surface area contributed by atoms with E-state index >= 15 is 0 Å². The Labute approximate surface area is 92.6 Å². The molecule has 1 rings (SSSR count). The van der Waals surface area contributed by atoms with Crippen LogP contribution in [0, 0.1) is 0 Å². The van der Waals surface area contributed by atoms with Gasteiger partial charge in [-0.2, -0.15) is 11.8 Å². The van der Waals surface area contributed by atoms with Gasteiger partial charge in [0.25, 0.3) is 0 Å². The van der Waals surface area contributed by atoms with Crippen molar-refractivity contribution >= 4 is 23.5 Å². The van der Waals surface area contributed by atoms with Gasteiger partial charge in [-0.3, -0.25) is 0 Å². The molecule has 0 saturated carbocycles. The zero-order valence-corrected chi connectivity index (χ0v) is 10.3. The fraction of sp³-hybridized carbons (Fsp3) is 0.857. The fourth-order valence-corrected chi connectivity index (χ4v) is 2.11. The van der Waals surface area contributed by atoms with E-state index in [2.05, 4.69) is 26.7 Å². The van der Waals surface area contributed by atoms with Crippen LogP contribution in [0.4, 0.5) is 0 Å². The molecule has 0 saturated heterocycles. The third-order valence-electron chi connectivity index (χ3n) is 1.56. The van der Waals surface area contributed by atoms with Crippen LogP contribution in [0.25, 0.3) is 0 Å². The van der Waals surface area contributed by atoms with Gasteiger partial charge in [0, 0.05) is 11.6 Å². The van der Waals surface area contributed by atoms with Crippen molar-refractivity contribution in [3.05, 3.63) is 0 Å². The normalized spacial score (nSPS) is 11.1. The second kappa shape index (κ2) is 6.26. The van der Waals surface area contributed by atoms with Gasteiger partial charge in [0.1, 0.15) is 0 Å². The highest BCUT2D eigenvalue weighted by molar-refractivity contribution is 8.15. The summed E-state index contributed by atoms with van der Waals surface area (Å²) in [6, 6.07) is 0. The lowest BCUT2D eigenvalue weighted by atomic mass is 10.6. The van der Waals surface area contributed by atoms with Gasteiger partial charge in [-0.05, 0) is 30.8 Å². The van der Waals surface area contributed by atoms with Crippen molar-refractivity contribution in [2.24, 2.45) is 0 Å². The van der Waals surface area contributed by atoms with Crippen molar-refractivity contribution in [1.82, 2.24) is 25.1 Å². The lowest BCUT2D eigenvalue weighted by molar-refractivity contribution is 0.361. The minimum absolute atomic E-state index is 0.844. The van der Waals surface area contributed by atoms with Gasteiger partial charge in [-0.15, -0.1) is 5.10 Å². The molecule has 1 aromatic rings. The quantitative estimate of drug-likeness (QED) is 0.531. The number of likely N-dealkylation sites (N-methyl/N-ethyl adjacent to an activating group) is 1. The molecule has 1 aromatic heterocycles. The first-order valence-electron chi connectivity index (χ1n) is 4.26. The molecule has 0 aromatic carbocycles. The molecule has 0 aliphatic carbocycles. The van der Waals surface area contributed by atoms with Crippen LogP contribution >= 0.6 is 23.5 Å². The van der Waals surface area contributed by atoms with Gasteiger partial charge in [0.15, 0.2) is 0 Å². The molecule has 5 nitrogen and oxygen atoms in total. The number of hydrogen-bond donors (Lipinski definition) is 0. The van der Waals surface area contributed by atoms with E-state index in [0.717, 1.165) is 23.3 Å². The predicted molar refractivity (Wildman–Crippen MR) is 60.6 cm³/mol. The molecule has 0 aliphatic heterocycles. The first kappa shape index (κ1) is 11.8. The molecular weight excluding hydrogens is 218 g/mol. The average molecular weight is 233 g/mol. The molecule has 0 amide bonds. The Kier molecular flexibility index (Phi) is 5.28. The van der Waals surface area contributed by atoms with Crippen molar-refractivity contribution in [3.8, 4) is 0 Å². The molecule has 0 fully saturated rings. The van der Waals surface area contributed by atoms with Crippen LogP contribution in [0.5, 0.6) is 0 Å². The molecule has 0 atom stereocenters. The number of tetrazole rings is 1. The predicted octanol–water partition coefficient (Wildman–Crippen LogP) is 0.647. The molecule has 80 valence electrons. The maximum Gasteiger partial charge on any atom is 0.210 e.